The lowest BCUT2D eigenvalue weighted by Crippen LogP contribution is -2.45. The Labute approximate surface area is 177 Å². The van der Waals surface area contributed by atoms with E-state index in [0.29, 0.717) is 12.6 Å². The van der Waals surface area contributed by atoms with E-state index in [1.807, 2.05) is 30.2 Å². The van der Waals surface area contributed by atoms with Crippen LogP contribution in [0.5, 0.6) is 0 Å². The Morgan fingerprint density at radius 1 is 1.35 bits per heavy atom. The maximum absolute atomic E-state index is 4.75. The van der Waals surface area contributed by atoms with Crippen LogP contribution in [0, 0.1) is 0 Å². The van der Waals surface area contributed by atoms with Gasteiger partial charge in [0.05, 0.1) is 0 Å². The fraction of sp³-hybridized carbons (Fsp3) is 0.474. The van der Waals surface area contributed by atoms with Gasteiger partial charge in [0.2, 0.25) is 0 Å². The average molecular weight is 485 g/mol. The Balaban J connectivity index is 0.00000243. The molecule has 0 aliphatic carbocycles. The van der Waals surface area contributed by atoms with Crippen LogP contribution in [0.1, 0.15) is 31.2 Å². The number of halogens is 1. The highest BCUT2D eigenvalue weighted by atomic mass is 127. The molecular weight excluding hydrogens is 457 g/mol. The van der Waals surface area contributed by atoms with E-state index >= 15 is 0 Å². The number of hydrogen-bond acceptors (Lipinski definition) is 3. The molecule has 1 aliphatic rings. The maximum atomic E-state index is 4.75. The number of nitrogens with one attached hydrogen (secondary N) is 2. The van der Waals surface area contributed by atoms with Gasteiger partial charge in [0.15, 0.2) is 5.96 Å². The van der Waals surface area contributed by atoms with Gasteiger partial charge in [-0.2, -0.15) is 11.8 Å². The Morgan fingerprint density at radius 2 is 2.19 bits per heavy atom. The molecular formula is C19H28IN5S. The number of hydrogen-bond donors (Lipinski definition) is 2. The summed E-state index contributed by atoms with van der Waals surface area (Å²) in [7, 11) is 0. The fourth-order valence-electron chi connectivity index (χ4n) is 2.93. The molecule has 1 aromatic carbocycles. The van der Waals surface area contributed by atoms with Gasteiger partial charge in [-0.1, -0.05) is 30.3 Å². The van der Waals surface area contributed by atoms with Crippen LogP contribution in [0.2, 0.25) is 0 Å². The van der Waals surface area contributed by atoms with Crippen LogP contribution in [0.3, 0.4) is 0 Å². The first-order valence-corrected chi connectivity index (χ1v) is 10.2. The van der Waals surface area contributed by atoms with Crippen LogP contribution in [-0.4, -0.2) is 39.6 Å². The molecule has 1 aromatic heterocycles. The summed E-state index contributed by atoms with van der Waals surface area (Å²) >= 11 is 2.02. The highest BCUT2D eigenvalue weighted by molar-refractivity contribution is 14.0. The molecule has 0 radical (unpaired) electrons. The Kier molecular flexibility index (Phi) is 9.31. The molecule has 2 heterocycles. The van der Waals surface area contributed by atoms with E-state index in [9.17, 15) is 0 Å². The van der Waals surface area contributed by atoms with Crippen LogP contribution < -0.4 is 10.6 Å². The molecule has 0 bridgehead atoms. The molecule has 1 saturated heterocycles. The summed E-state index contributed by atoms with van der Waals surface area (Å²) in [5.41, 5.74) is 1.27. The van der Waals surface area contributed by atoms with Crippen LogP contribution in [0.4, 0.5) is 0 Å². The summed E-state index contributed by atoms with van der Waals surface area (Å²) in [6.45, 7) is 4.37. The molecule has 0 spiro atoms. The Hall–Kier alpha value is -1.22. The van der Waals surface area contributed by atoms with E-state index in [0.717, 1.165) is 30.6 Å². The number of aliphatic imine (C=N–C) groups is 1. The molecule has 0 amide bonds. The Morgan fingerprint density at radius 3 is 2.92 bits per heavy atom. The van der Waals surface area contributed by atoms with Crippen molar-refractivity contribution in [2.24, 2.45) is 4.99 Å². The number of imidazole rings is 1. The molecule has 1 unspecified atom stereocenters. The standard InChI is InChI=1S/C19H27N5S.HI/c1-2-20-19(23-17-9-6-12-25-15-17)22-13-18-21-10-11-24(18)14-16-7-4-3-5-8-16;/h3-5,7-8,10-11,17H,2,6,9,12-15H2,1H3,(H2,20,22,23);1H. The normalized spacial score (nSPS) is 17.4. The SMILES string of the molecule is CCNC(=NCc1nccn1Cc1ccccc1)NC1CCCSC1.I. The van der Waals surface area contributed by atoms with Gasteiger partial charge in [-0.15, -0.1) is 24.0 Å². The quantitative estimate of drug-likeness (QED) is 0.374. The monoisotopic (exact) mass is 485 g/mol. The number of thioether (sulfide) groups is 1. The second-order valence-electron chi connectivity index (χ2n) is 6.21. The molecule has 2 aromatic rings. The molecule has 142 valence electrons. The van der Waals surface area contributed by atoms with Gasteiger partial charge in [-0.3, -0.25) is 0 Å². The van der Waals surface area contributed by atoms with E-state index in [-0.39, 0.29) is 24.0 Å². The summed E-state index contributed by atoms with van der Waals surface area (Å²) in [6, 6.07) is 11.0. The predicted octanol–water partition coefficient (Wildman–Crippen LogP) is 3.50. The summed E-state index contributed by atoms with van der Waals surface area (Å²) in [5, 5.41) is 6.92. The predicted molar refractivity (Wildman–Crippen MR) is 121 cm³/mol. The maximum Gasteiger partial charge on any atom is 0.191 e. The minimum Gasteiger partial charge on any atom is -0.357 e. The topological polar surface area (TPSA) is 54.2 Å². The third-order valence-corrected chi connectivity index (χ3v) is 5.44. The van der Waals surface area contributed by atoms with Crippen molar-refractivity contribution >= 4 is 41.7 Å². The molecule has 5 nitrogen and oxygen atoms in total. The highest BCUT2D eigenvalue weighted by Gasteiger charge is 2.15. The minimum atomic E-state index is 0. The zero-order valence-electron chi connectivity index (χ0n) is 15.2. The third kappa shape index (κ3) is 6.50. The number of benzene rings is 1. The second kappa shape index (κ2) is 11.5. The summed E-state index contributed by atoms with van der Waals surface area (Å²) < 4.78 is 2.17. The zero-order chi connectivity index (χ0) is 17.3. The largest absolute Gasteiger partial charge is 0.357 e. The summed E-state index contributed by atoms with van der Waals surface area (Å²) in [5.74, 6) is 4.32. The molecule has 1 atom stereocenters. The van der Waals surface area contributed by atoms with Crippen LogP contribution >= 0.6 is 35.7 Å². The van der Waals surface area contributed by atoms with Crippen molar-refractivity contribution in [1.29, 1.82) is 0 Å². The van der Waals surface area contributed by atoms with Crippen LogP contribution in [0.25, 0.3) is 0 Å². The van der Waals surface area contributed by atoms with Gasteiger partial charge in [0.1, 0.15) is 12.4 Å². The van der Waals surface area contributed by atoms with Crippen molar-refractivity contribution < 1.29 is 0 Å². The molecule has 7 heteroatoms. The lowest BCUT2D eigenvalue weighted by molar-refractivity contribution is 0.581. The number of aromatic nitrogens is 2. The van der Waals surface area contributed by atoms with Gasteiger partial charge in [-0.05, 0) is 31.1 Å². The van der Waals surface area contributed by atoms with Crippen LogP contribution in [-0.2, 0) is 13.1 Å². The van der Waals surface area contributed by atoms with Crippen molar-refractivity contribution in [3.8, 4) is 0 Å². The number of nitrogens with zero attached hydrogens (tertiary/aromatic N) is 3. The zero-order valence-corrected chi connectivity index (χ0v) is 18.4. The first-order chi connectivity index (χ1) is 12.3. The van der Waals surface area contributed by atoms with E-state index < -0.39 is 0 Å². The van der Waals surface area contributed by atoms with Gasteiger partial charge in [-0.25, -0.2) is 9.98 Å². The fourth-order valence-corrected chi connectivity index (χ4v) is 4.01. The number of guanidine groups is 1. The number of rotatable bonds is 6. The average Bonchev–Trinajstić information content (AvgIpc) is 3.09. The molecule has 0 saturated carbocycles. The van der Waals surface area contributed by atoms with Gasteiger partial charge in [0, 0.05) is 37.3 Å². The lowest BCUT2D eigenvalue weighted by Gasteiger charge is -2.24. The molecule has 2 N–H and O–H groups in total. The second-order valence-corrected chi connectivity index (χ2v) is 7.36. The van der Waals surface area contributed by atoms with Crippen LogP contribution in [0.15, 0.2) is 47.7 Å². The van der Waals surface area contributed by atoms with E-state index in [1.54, 1.807) is 0 Å². The van der Waals surface area contributed by atoms with Gasteiger partial charge < -0.3 is 15.2 Å². The van der Waals surface area contributed by atoms with Gasteiger partial charge >= 0.3 is 0 Å². The van der Waals surface area contributed by atoms with E-state index in [2.05, 4.69) is 51.4 Å². The summed E-state index contributed by atoms with van der Waals surface area (Å²) in [4.78, 5) is 9.24. The third-order valence-electron chi connectivity index (χ3n) is 4.22. The molecule has 1 fully saturated rings. The molecule has 3 rings (SSSR count). The van der Waals surface area contributed by atoms with Crippen molar-refractivity contribution in [2.75, 3.05) is 18.1 Å². The highest BCUT2D eigenvalue weighted by Crippen LogP contribution is 2.16. The van der Waals surface area contributed by atoms with Crippen molar-refractivity contribution in [1.82, 2.24) is 20.2 Å². The van der Waals surface area contributed by atoms with Crippen molar-refractivity contribution in [3.63, 3.8) is 0 Å². The van der Waals surface area contributed by atoms with E-state index in [4.69, 9.17) is 4.99 Å². The smallest absolute Gasteiger partial charge is 0.191 e. The van der Waals surface area contributed by atoms with Crippen molar-refractivity contribution in [2.45, 2.75) is 38.9 Å². The van der Waals surface area contributed by atoms with Crippen molar-refractivity contribution in [3.05, 3.63) is 54.1 Å². The molecule has 26 heavy (non-hydrogen) atoms. The minimum absolute atomic E-state index is 0. The summed E-state index contributed by atoms with van der Waals surface area (Å²) in [6.07, 6.45) is 6.38. The van der Waals surface area contributed by atoms with Gasteiger partial charge in [0.25, 0.3) is 0 Å². The lowest BCUT2D eigenvalue weighted by atomic mass is 10.2. The van der Waals surface area contributed by atoms with E-state index in [1.165, 1.54) is 24.2 Å². The molecule has 1 aliphatic heterocycles. The first-order valence-electron chi connectivity index (χ1n) is 9.01. The Bertz CT molecular complexity index is 668. The first kappa shape index (κ1) is 21.1.